The predicted octanol–water partition coefficient (Wildman–Crippen LogP) is 2.89. The number of amides is 1. The summed E-state index contributed by atoms with van der Waals surface area (Å²) in [4.78, 5) is 21.9. The first-order valence-electron chi connectivity index (χ1n) is 6.08. The van der Waals surface area contributed by atoms with Gasteiger partial charge in [0.05, 0.1) is 0 Å². The van der Waals surface area contributed by atoms with Crippen LogP contribution >= 0.6 is 0 Å². The molecule has 0 aliphatic rings. The smallest absolute Gasteiger partial charge is 0.303 e. The second kappa shape index (κ2) is 6.79. The van der Waals surface area contributed by atoms with Crippen molar-refractivity contribution in [3.8, 4) is 0 Å². The van der Waals surface area contributed by atoms with Crippen molar-refractivity contribution in [3.63, 3.8) is 0 Å². The Morgan fingerprint density at radius 3 is 2.39 bits per heavy atom. The highest BCUT2D eigenvalue weighted by Gasteiger charge is 2.04. The minimum atomic E-state index is -0.815. The molecule has 1 aromatic rings. The van der Waals surface area contributed by atoms with Crippen LogP contribution in [0.4, 0.5) is 5.69 Å². The summed E-state index contributed by atoms with van der Waals surface area (Å²) in [6.45, 7) is 4.02. The van der Waals surface area contributed by atoms with E-state index in [0.29, 0.717) is 19.3 Å². The zero-order chi connectivity index (χ0) is 13.5. The molecule has 4 nitrogen and oxygen atoms in total. The second-order valence-corrected chi connectivity index (χ2v) is 4.45. The molecule has 0 atom stereocenters. The fourth-order valence-electron chi connectivity index (χ4n) is 1.60. The number of benzene rings is 1. The van der Waals surface area contributed by atoms with E-state index >= 15 is 0 Å². The molecule has 0 unspecified atom stereocenters. The quantitative estimate of drug-likeness (QED) is 0.762. The monoisotopic (exact) mass is 249 g/mol. The lowest BCUT2D eigenvalue weighted by Crippen LogP contribution is -2.11. The van der Waals surface area contributed by atoms with E-state index < -0.39 is 5.97 Å². The van der Waals surface area contributed by atoms with Crippen LogP contribution in [0.1, 0.15) is 36.8 Å². The highest BCUT2D eigenvalue weighted by molar-refractivity contribution is 5.90. The minimum Gasteiger partial charge on any atom is -0.481 e. The van der Waals surface area contributed by atoms with E-state index in [0.717, 1.165) is 11.3 Å². The molecule has 2 N–H and O–H groups in total. The lowest BCUT2D eigenvalue weighted by Gasteiger charge is -2.07. The molecule has 0 aliphatic heterocycles. The molecule has 1 rings (SSSR count). The van der Waals surface area contributed by atoms with Crippen molar-refractivity contribution in [2.24, 2.45) is 0 Å². The highest BCUT2D eigenvalue weighted by Crippen LogP contribution is 2.14. The number of rotatable bonds is 6. The lowest BCUT2D eigenvalue weighted by molar-refractivity contribution is -0.137. The molecule has 0 saturated carbocycles. The molecule has 0 heterocycles. The summed E-state index contributed by atoms with van der Waals surface area (Å²) in [7, 11) is 0. The largest absolute Gasteiger partial charge is 0.481 e. The summed E-state index contributed by atoms with van der Waals surface area (Å²) in [6, 6.07) is 5.78. The van der Waals surface area contributed by atoms with E-state index in [1.54, 1.807) is 0 Å². The van der Waals surface area contributed by atoms with Gasteiger partial charge in [-0.15, -0.1) is 0 Å². The number of aryl methyl sites for hydroxylation is 2. The molecule has 0 aromatic heterocycles. The Labute approximate surface area is 107 Å². The SMILES string of the molecule is Cc1ccc(NC(=O)CCCCC(=O)O)cc1C. The van der Waals surface area contributed by atoms with Crippen LogP contribution in [0.25, 0.3) is 0 Å². The first kappa shape index (κ1) is 14.2. The van der Waals surface area contributed by atoms with Gasteiger partial charge in [0.1, 0.15) is 0 Å². The summed E-state index contributed by atoms with van der Waals surface area (Å²) in [5.74, 6) is -0.881. The van der Waals surface area contributed by atoms with Gasteiger partial charge in [-0.3, -0.25) is 9.59 Å². The molecule has 0 radical (unpaired) electrons. The van der Waals surface area contributed by atoms with E-state index in [2.05, 4.69) is 5.32 Å². The topological polar surface area (TPSA) is 66.4 Å². The van der Waals surface area contributed by atoms with Gasteiger partial charge in [0.25, 0.3) is 0 Å². The standard InChI is InChI=1S/C14H19NO3/c1-10-7-8-12(9-11(10)2)15-13(16)5-3-4-6-14(17)18/h7-9H,3-6H2,1-2H3,(H,15,16)(H,17,18). The van der Waals surface area contributed by atoms with Gasteiger partial charge in [-0.05, 0) is 49.9 Å². The van der Waals surface area contributed by atoms with E-state index in [9.17, 15) is 9.59 Å². The number of carboxylic acids is 1. The third kappa shape index (κ3) is 4.99. The molecule has 18 heavy (non-hydrogen) atoms. The van der Waals surface area contributed by atoms with Gasteiger partial charge in [0.15, 0.2) is 0 Å². The summed E-state index contributed by atoms with van der Waals surface area (Å²) < 4.78 is 0. The first-order valence-corrected chi connectivity index (χ1v) is 6.08. The molecule has 4 heteroatoms. The van der Waals surface area contributed by atoms with Crippen LogP contribution in [0, 0.1) is 13.8 Å². The number of hydrogen-bond acceptors (Lipinski definition) is 2. The van der Waals surface area contributed by atoms with Crippen LogP contribution in [-0.2, 0) is 9.59 Å². The van der Waals surface area contributed by atoms with Crippen LogP contribution in [0.5, 0.6) is 0 Å². The van der Waals surface area contributed by atoms with E-state index in [1.807, 2.05) is 32.0 Å². The van der Waals surface area contributed by atoms with E-state index in [-0.39, 0.29) is 12.3 Å². The van der Waals surface area contributed by atoms with Crippen molar-refractivity contribution in [3.05, 3.63) is 29.3 Å². The number of anilines is 1. The van der Waals surface area contributed by atoms with Crippen LogP contribution in [0.15, 0.2) is 18.2 Å². The minimum absolute atomic E-state index is 0.0661. The maximum atomic E-state index is 11.6. The molecule has 1 aromatic carbocycles. The van der Waals surface area contributed by atoms with E-state index in [4.69, 9.17) is 5.11 Å². The fraction of sp³-hybridized carbons (Fsp3) is 0.429. The number of unbranched alkanes of at least 4 members (excludes halogenated alkanes) is 1. The highest BCUT2D eigenvalue weighted by atomic mass is 16.4. The lowest BCUT2D eigenvalue weighted by atomic mass is 10.1. The van der Waals surface area contributed by atoms with Gasteiger partial charge in [0, 0.05) is 18.5 Å². The molecule has 1 amide bonds. The number of carbonyl (C=O) groups is 2. The van der Waals surface area contributed by atoms with Gasteiger partial charge < -0.3 is 10.4 Å². The predicted molar refractivity (Wildman–Crippen MR) is 70.6 cm³/mol. The Hall–Kier alpha value is -1.84. The van der Waals surface area contributed by atoms with Crippen LogP contribution in [-0.4, -0.2) is 17.0 Å². The molecular weight excluding hydrogens is 230 g/mol. The maximum absolute atomic E-state index is 11.6. The third-order valence-corrected chi connectivity index (χ3v) is 2.84. The Balaban J connectivity index is 2.35. The van der Waals surface area contributed by atoms with Crippen molar-refractivity contribution in [2.75, 3.05) is 5.32 Å². The summed E-state index contributed by atoms with van der Waals surface area (Å²) >= 11 is 0. The van der Waals surface area contributed by atoms with Crippen molar-refractivity contribution < 1.29 is 14.7 Å². The number of hydrogen-bond donors (Lipinski definition) is 2. The van der Waals surface area contributed by atoms with Crippen LogP contribution in [0.3, 0.4) is 0 Å². The molecule has 0 saturated heterocycles. The van der Waals surface area contributed by atoms with Crippen LogP contribution in [0.2, 0.25) is 0 Å². The fourth-order valence-corrected chi connectivity index (χ4v) is 1.60. The van der Waals surface area contributed by atoms with Gasteiger partial charge in [-0.2, -0.15) is 0 Å². The van der Waals surface area contributed by atoms with Crippen molar-refractivity contribution in [2.45, 2.75) is 39.5 Å². The van der Waals surface area contributed by atoms with Gasteiger partial charge in [-0.1, -0.05) is 6.07 Å². The number of carboxylic acid groups (broad SMARTS) is 1. The molecule has 0 fully saturated rings. The average Bonchev–Trinajstić information content (AvgIpc) is 2.29. The van der Waals surface area contributed by atoms with Crippen LogP contribution < -0.4 is 5.32 Å². The summed E-state index contributed by atoms with van der Waals surface area (Å²) in [6.07, 6.45) is 1.62. The zero-order valence-corrected chi connectivity index (χ0v) is 10.8. The molecule has 0 aliphatic carbocycles. The number of nitrogens with one attached hydrogen (secondary N) is 1. The Bertz CT molecular complexity index is 441. The molecule has 0 bridgehead atoms. The van der Waals surface area contributed by atoms with E-state index in [1.165, 1.54) is 5.56 Å². The Kier molecular flexibility index (Phi) is 5.36. The van der Waals surface area contributed by atoms with Gasteiger partial charge in [-0.25, -0.2) is 0 Å². The Morgan fingerprint density at radius 1 is 1.11 bits per heavy atom. The van der Waals surface area contributed by atoms with Crippen molar-refractivity contribution in [1.29, 1.82) is 0 Å². The molecule has 0 spiro atoms. The normalized spacial score (nSPS) is 10.1. The van der Waals surface area contributed by atoms with Crippen molar-refractivity contribution >= 4 is 17.6 Å². The number of aliphatic carboxylic acids is 1. The Morgan fingerprint density at radius 2 is 1.78 bits per heavy atom. The maximum Gasteiger partial charge on any atom is 0.303 e. The number of carbonyl (C=O) groups excluding carboxylic acids is 1. The first-order chi connectivity index (χ1) is 8.49. The average molecular weight is 249 g/mol. The summed E-state index contributed by atoms with van der Waals surface area (Å²) in [5.41, 5.74) is 3.12. The molecular formula is C14H19NO3. The molecule has 98 valence electrons. The second-order valence-electron chi connectivity index (χ2n) is 4.45. The summed E-state index contributed by atoms with van der Waals surface area (Å²) in [5, 5.41) is 11.3. The third-order valence-electron chi connectivity index (χ3n) is 2.84. The van der Waals surface area contributed by atoms with Crippen molar-refractivity contribution in [1.82, 2.24) is 0 Å². The van der Waals surface area contributed by atoms with Gasteiger partial charge >= 0.3 is 5.97 Å². The van der Waals surface area contributed by atoms with Gasteiger partial charge in [0.2, 0.25) is 5.91 Å². The zero-order valence-electron chi connectivity index (χ0n) is 10.8.